The van der Waals surface area contributed by atoms with Crippen molar-refractivity contribution in [3.63, 3.8) is 0 Å². The summed E-state index contributed by atoms with van der Waals surface area (Å²) in [6, 6.07) is 0. The average molecular weight is 282 g/mol. The molecule has 114 valence electrons. The number of rotatable bonds is 3. The van der Waals surface area contributed by atoms with Crippen molar-refractivity contribution in [2.45, 2.75) is 46.1 Å². The van der Waals surface area contributed by atoms with Crippen molar-refractivity contribution in [2.75, 3.05) is 7.11 Å². The van der Waals surface area contributed by atoms with Crippen molar-refractivity contribution in [3.05, 3.63) is 11.6 Å². The summed E-state index contributed by atoms with van der Waals surface area (Å²) in [5.41, 5.74) is 1.07. The van der Waals surface area contributed by atoms with Gasteiger partial charge in [-0.05, 0) is 49.0 Å². The third-order valence-electron chi connectivity index (χ3n) is 5.47. The minimum absolute atomic E-state index is 0.0735. The van der Waals surface area contributed by atoms with Gasteiger partial charge in [0, 0.05) is 0 Å². The van der Waals surface area contributed by atoms with Crippen LogP contribution in [0.3, 0.4) is 0 Å². The van der Waals surface area contributed by atoms with Crippen LogP contribution < -0.4 is 0 Å². The van der Waals surface area contributed by atoms with E-state index in [-0.39, 0.29) is 18.0 Å². The van der Waals surface area contributed by atoms with Crippen molar-refractivity contribution in [2.24, 2.45) is 29.6 Å². The first kappa shape index (κ1) is 15.5. The number of fused-ring (bicyclic) bond motifs is 1. The Bertz CT molecular complexity index is 390. The maximum atomic E-state index is 11.9. The van der Waals surface area contributed by atoms with Crippen LogP contribution in [-0.2, 0) is 14.4 Å². The molecule has 0 amide bonds. The SMILES string of the molecule is COC(=O)[C@H](C)[C@@H]1CC[C@@H](C)[C@@H]2C[C@@H](OO)C(C)=C[C@@H]21. The molecule has 6 atom stereocenters. The van der Waals surface area contributed by atoms with Crippen molar-refractivity contribution < 1.29 is 19.7 Å². The molecule has 0 aromatic heterocycles. The van der Waals surface area contributed by atoms with E-state index in [0.29, 0.717) is 23.7 Å². The molecule has 4 nitrogen and oxygen atoms in total. The predicted molar refractivity (Wildman–Crippen MR) is 75.9 cm³/mol. The van der Waals surface area contributed by atoms with Crippen LogP contribution in [0.15, 0.2) is 11.6 Å². The molecule has 4 heteroatoms. The first-order chi connectivity index (χ1) is 9.49. The number of esters is 1. The fourth-order valence-corrected chi connectivity index (χ4v) is 4.11. The van der Waals surface area contributed by atoms with E-state index in [4.69, 9.17) is 9.99 Å². The second-order valence-corrected chi connectivity index (χ2v) is 6.51. The van der Waals surface area contributed by atoms with Gasteiger partial charge in [-0.25, -0.2) is 4.89 Å². The van der Waals surface area contributed by atoms with E-state index in [9.17, 15) is 4.79 Å². The Morgan fingerprint density at radius 1 is 1.45 bits per heavy atom. The maximum Gasteiger partial charge on any atom is 0.308 e. The molecule has 2 aliphatic carbocycles. The van der Waals surface area contributed by atoms with E-state index >= 15 is 0 Å². The Balaban J connectivity index is 2.24. The van der Waals surface area contributed by atoms with E-state index in [1.165, 1.54) is 7.11 Å². The quantitative estimate of drug-likeness (QED) is 0.373. The third-order valence-corrected chi connectivity index (χ3v) is 5.47. The van der Waals surface area contributed by atoms with Gasteiger partial charge in [-0.1, -0.05) is 26.3 Å². The van der Waals surface area contributed by atoms with Gasteiger partial charge in [0.2, 0.25) is 0 Å². The van der Waals surface area contributed by atoms with Crippen LogP contribution >= 0.6 is 0 Å². The van der Waals surface area contributed by atoms with Gasteiger partial charge in [-0.2, -0.15) is 0 Å². The van der Waals surface area contributed by atoms with E-state index in [2.05, 4.69) is 17.9 Å². The molecular formula is C16H26O4. The average Bonchev–Trinajstić information content (AvgIpc) is 2.45. The van der Waals surface area contributed by atoms with Gasteiger partial charge < -0.3 is 4.74 Å². The number of hydrogen-bond acceptors (Lipinski definition) is 4. The van der Waals surface area contributed by atoms with E-state index in [0.717, 1.165) is 24.8 Å². The summed E-state index contributed by atoms with van der Waals surface area (Å²) in [6.45, 7) is 6.23. The molecule has 1 saturated carbocycles. The summed E-state index contributed by atoms with van der Waals surface area (Å²) in [7, 11) is 1.46. The number of methoxy groups -OCH3 is 1. The fraction of sp³-hybridized carbons (Fsp3) is 0.812. The first-order valence-electron chi connectivity index (χ1n) is 7.56. The smallest absolute Gasteiger partial charge is 0.308 e. The van der Waals surface area contributed by atoms with Gasteiger partial charge in [-0.15, -0.1) is 0 Å². The zero-order valence-electron chi connectivity index (χ0n) is 12.8. The number of carbonyl (C=O) groups is 1. The molecule has 0 spiro atoms. The second kappa shape index (κ2) is 6.27. The lowest BCUT2D eigenvalue weighted by Gasteiger charge is -2.46. The molecular weight excluding hydrogens is 256 g/mol. The predicted octanol–water partition coefficient (Wildman–Crippen LogP) is 3.28. The highest BCUT2D eigenvalue weighted by Crippen LogP contribution is 2.48. The van der Waals surface area contributed by atoms with Crippen molar-refractivity contribution in [1.82, 2.24) is 0 Å². The van der Waals surface area contributed by atoms with E-state index in [1.807, 2.05) is 13.8 Å². The Morgan fingerprint density at radius 2 is 2.15 bits per heavy atom. The lowest BCUT2D eigenvalue weighted by atomic mass is 9.59. The Morgan fingerprint density at radius 3 is 2.75 bits per heavy atom. The molecule has 0 aromatic rings. The van der Waals surface area contributed by atoms with Crippen molar-refractivity contribution in [1.29, 1.82) is 0 Å². The molecule has 20 heavy (non-hydrogen) atoms. The molecule has 1 N–H and O–H groups in total. The fourth-order valence-electron chi connectivity index (χ4n) is 4.11. The summed E-state index contributed by atoms with van der Waals surface area (Å²) in [5.74, 6) is 1.60. The van der Waals surface area contributed by atoms with Gasteiger partial charge in [0.05, 0.1) is 13.0 Å². The minimum atomic E-state index is -0.189. The summed E-state index contributed by atoms with van der Waals surface area (Å²) in [6.07, 6.45) is 5.06. The standard InChI is InChI=1S/C16H26O4/c1-9-5-6-12(11(3)16(17)19-4)14-7-10(2)15(20-18)8-13(9)14/h7,9,11-15,18H,5-6,8H2,1-4H3/t9-,11-,12+,13+,14-,15-/m1/s1. The minimum Gasteiger partial charge on any atom is -0.469 e. The summed E-state index contributed by atoms with van der Waals surface area (Å²) in [5, 5.41) is 9.02. The molecule has 0 aliphatic heterocycles. The molecule has 1 fully saturated rings. The van der Waals surface area contributed by atoms with Crippen LogP contribution in [0.4, 0.5) is 0 Å². The van der Waals surface area contributed by atoms with Gasteiger partial charge in [-0.3, -0.25) is 10.1 Å². The molecule has 2 rings (SSSR count). The molecule has 0 saturated heterocycles. The topological polar surface area (TPSA) is 55.8 Å². The van der Waals surface area contributed by atoms with Crippen LogP contribution in [0.2, 0.25) is 0 Å². The van der Waals surface area contributed by atoms with Gasteiger partial charge >= 0.3 is 5.97 Å². The highest BCUT2D eigenvalue weighted by molar-refractivity contribution is 5.72. The Labute approximate surface area is 121 Å². The van der Waals surface area contributed by atoms with Gasteiger partial charge in [0.1, 0.15) is 6.10 Å². The number of ether oxygens (including phenoxy) is 1. The number of carbonyl (C=O) groups excluding carboxylic acids is 1. The second-order valence-electron chi connectivity index (χ2n) is 6.51. The molecule has 2 aliphatic rings. The zero-order chi connectivity index (χ0) is 14.9. The Kier molecular flexibility index (Phi) is 4.86. The van der Waals surface area contributed by atoms with Gasteiger partial charge in [0.15, 0.2) is 0 Å². The number of allylic oxidation sites excluding steroid dienone is 1. The van der Waals surface area contributed by atoms with E-state index in [1.54, 1.807) is 0 Å². The largest absolute Gasteiger partial charge is 0.469 e. The monoisotopic (exact) mass is 282 g/mol. The Hall–Kier alpha value is -0.870. The van der Waals surface area contributed by atoms with Crippen molar-refractivity contribution >= 4 is 5.97 Å². The normalized spacial score (nSPS) is 38.6. The lowest BCUT2D eigenvalue weighted by Crippen LogP contribution is -2.42. The van der Waals surface area contributed by atoms with E-state index < -0.39 is 0 Å². The van der Waals surface area contributed by atoms with Gasteiger partial charge in [0.25, 0.3) is 0 Å². The highest BCUT2D eigenvalue weighted by Gasteiger charge is 2.44. The molecule has 0 aromatic carbocycles. The van der Waals surface area contributed by atoms with Crippen LogP contribution in [0.1, 0.15) is 40.0 Å². The summed E-state index contributed by atoms with van der Waals surface area (Å²) in [4.78, 5) is 16.5. The first-order valence-corrected chi connectivity index (χ1v) is 7.56. The van der Waals surface area contributed by atoms with Crippen LogP contribution in [0.25, 0.3) is 0 Å². The van der Waals surface area contributed by atoms with Crippen LogP contribution in [0.5, 0.6) is 0 Å². The highest BCUT2D eigenvalue weighted by atomic mass is 17.1. The zero-order valence-corrected chi connectivity index (χ0v) is 12.8. The molecule has 0 unspecified atom stereocenters. The molecule has 0 radical (unpaired) electrons. The molecule has 0 bridgehead atoms. The van der Waals surface area contributed by atoms with Crippen LogP contribution in [-0.4, -0.2) is 24.4 Å². The lowest BCUT2D eigenvalue weighted by molar-refractivity contribution is -0.275. The summed E-state index contributed by atoms with van der Waals surface area (Å²) >= 11 is 0. The van der Waals surface area contributed by atoms with Crippen molar-refractivity contribution in [3.8, 4) is 0 Å². The summed E-state index contributed by atoms with van der Waals surface area (Å²) < 4.78 is 4.92. The third kappa shape index (κ3) is 2.77. The number of hydrogen-bond donors (Lipinski definition) is 1. The maximum absolute atomic E-state index is 11.9. The molecule has 0 heterocycles. The van der Waals surface area contributed by atoms with Crippen LogP contribution in [0, 0.1) is 29.6 Å².